The molecule has 0 atom stereocenters. The van der Waals surface area contributed by atoms with Crippen LogP contribution in [0.2, 0.25) is 0 Å². The first-order valence-corrected chi connectivity index (χ1v) is 10.1. The second-order valence-electron chi connectivity index (χ2n) is 7.40. The number of ketones is 1. The zero-order valence-corrected chi connectivity index (χ0v) is 17.8. The molecule has 162 valence electrons. The molecule has 6 nitrogen and oxygen atoms in total. The zero-order chi connectivity index (χ0) is 22.7. The summed E-state index contributed by atoms with van der Waals surface area (Å²) in [4.78, 5) is 26.1. The number of benzene rings is 3. The van der Waals surface area contributed by atoms with Gasteiger partial charge < -0.3 is 19.3 Å². The van der Waals surface area contributed by atoms with Crippen LogP contribution in [0.3, 0.4) is 0 Å². The van der Waals surface area contributed by atoms with Crippen LogP contribution >= 0.6 is 0 Å². The molecule has 1 heterocycles. The minimum atomic E-state index is -1.19. The van der Waals surface area contributed by atoms with Crippen LogP contribution in [-0.2, 0) is 11.2 Å². The van der Waals surface area contributed by atoms with E-state index >= 15 is 0 Å². The number of methoxy groups -OCH3 is 1. The van der Waals surface area contributed by atoms with Crippen LogP contribution in [0.5, 0.6) is 17.2 Å². The molecule has 0 amide bonds. The smallest absolute Gasteiger partial charge is 0.336 e. The molecule has 1 aliphatic heterocycles. The summed E-state index contributed by atoms with van der Waals surface area (Å²) in [5, 5.41) is 10.2. The average molecular weight is 430 g/mol. The van der Waals surface area contributed by atoms with E-state index in [-0.39, 0.29) is 30.1 Å². The molecule has 0 aliphatic carbocycles. The Hall–Kier alpha value is -4.06. The zero-order valence-electron chi connectivity index (χ0n) is 17.8. The number of carbonyl (C=O) groups excluding carboxylic acids is 1. The SMILES string of the molecule is COc1ccc(C(=O)/C(Cc2ccccc2)=C(\C(=O)O)c2ccc3c(c2)OCO3)cc1C. The fraction of sp³-hybridized carbons (Fsp3) is 0.154. The molecule has 0 saturated heterocycles. The molecule has 6 heteroatoms. The highest BCUT2D eigenvalue weighted by molar-refractivity contribution is 6.26. The lowest BCUT2D eigenvalue weighted by Crippen LogP contribution is -2.14. The summed E-state index contributed by atoms with van der Waals surface area (Å²) >= 11 is 0. The molecule has 3 aromatic carbocycles. The largest absolute Gasteiger partial charge is 0.496 e. The Bertz CT molecular complexity index is 1210. The first-order valence-electron chi connectivity index (χ1n) is 10.1. The van der Waals surface area contributed by atoms with Gasteiger partial charge in [0, 0.05) is 17.6 Å². The summed E-state index contributed by atoms with van der Waals surface area (Å²) in [6, 6.07) is 19.3. The van der Waals surface area contributed by atoms with E-state index in [1.165, 1.54) is 0 Å². The first-order chi connectivity index (χ1) is 15.5. The molecule has 0 fully saturated rings. The predicted octanol–water partition coefficient (Wildman–Crippen LogP) is 4.70. The van der Waals surface area contributed by atoms with E-state index in [1.807, 2.05) is 37.3 Å². The molecule has 0 saturated carbocycles. The van der Waals surface area contributed by atoms with Crippen molar-refractivity contribution < 1.29 is 28.9 Å². The standard InChI is InChI=1S/C26H22O6/c1-16-12-19(9-10-21(16)30-2)25(27)20(13-17-6-4-3-5-7-17)24(26(28)29)18-8-11-22-23(14-18)32-15-31-22/h3-12,14H,13,15H2,1-2H3,(H,28,29)/b24-20-. The molecule has 0 spiro atoms. The Kier molecular flexibility index (Phi) is 5.94. The van der Waals surface area contributed by atoms with Crippen molar-refractivity contribution in [3.63, 3.8) is 0 Å². The van der Waals surface area contributed by atoms with E-state index < -0.39 is 5.97 Å². The second-order valence-corrected chi connectivity index (χ2v) is 7.40. The van der Waals surface area contributed by atoms with Gasteiger partial charge in [-0.15, -0.1) is 0 Å². The van der Waals surface area contributed by atoms with Gasteiger partial charge in [0.05, 0.1) is 12.7 Å². The van der Waals surface area contributed by atoms with E-state index in [2.05, 4.69) is 0 Å². The number of fused-ring (bicyclic) bond motifs is 1. The number of carbonyl (C=O) groups is 2. The van der Waals surface area contributed by atoms with Gasteiger partial charge >= 0.3 is 5.97 Å². The van der Waals surface area contributed by atoms with E-state index in [9.17, 15) is 14.7 Å². The van der Waals surface area contributed by atoms with Gasteiger partial charge in [-0.05, 0) is 53.9 Å². The Balaban J connectivity index is 1.88. The van der Waals surface area contributed by atoms with Gasteiger partial charge in [-0.25, -0.2) is 4.79 Å². The average Bonchev–Trinajstić information content (AvgIpc) is 3.26. The van der Waals surface area contributed by atoms with E-state index in [0.29, 0.717) is 28.4 Å². The normalized spacial score (nSPS) is 12.8. The van der Waals surface area contributed by atoms with Crippen LogP contribution in [0.25, 0.3) is 5.57 Å². The van der Waals surface area contributed by atoms with Crippen LogP contribution < -0.4 is 14.2 Å². The first kappa shape index (κ1) is 21.2. The molecule has 3 aromatic rings. The number of aliphatic carboxylic acids is 1. The van der Waals surface area contributed by atoms with E-state index in [1.54, 1.807) is 43.5 Å². The highest BCUT2D eigenvalue weighted by Crippen LogP contribution is 2.36. The van der Waals surface area contributed by atoms with E-state index in [0.717, 1.165) is 11.1 Å². The quantitative estimate of drug-likeness (QED) is 0.432. The minimum Gasteiger partial charge on any atom is -0.496 e. The Morgan fingerprint density at radius 1 is 0.938 bits per heavy atom. The number of Topliss-reactive ketones (excluding diaryl/α,β-unsaturated/α-hetero) is 1. The summed E-state index contributed by atoms with van der Waals surface area (Å²) in [6.45, 7) is 1.91. The maximum absolute atomic E-state index is 13.6. The summed E-state index contributed by atoms with van der Waals surface area (Å²) in [5.41, 5.74) is 2.52. The predicted molar refractivity (Wildman–Crippen MR) is 119 cm³/mol. The fourth-order valence-corrected chi connectivity index (χ4v) is 3.75. The molecule has 4 rings (SSSR count). The van der Waals surface area contributed by atoms with Crippen molar-refractivity contribution in [3.05, 3.63) is 94.6 Å². The highest BCUT2D eigenvalue weighted by Gasteiger charge is 2.26. The third-order valence-electron chi connectivity index (χ3n) is 5.33. The molecule has 0 unspecified atom stereocenters. The molecule has 1 aliphatic rings. The van der Waals surface area contributed by atoms with Crippen molar-refractivity contribution in [3.8, 4) is 17.2 Å². The maximum Gasteiger partial charge on any atom is 0.336 e. The van der Waals surface area contributed by atoms with Crippen molar-refractivity contribution >= 4 is 17.3 Å². The minimum absolute atomic E-state index is 0.0642. The lowest BCUT2D eigenvalue weighted by atomic mass is 9.89. The van der Waals surface area contributed by atoms with Crippen LogP contribution in [0.1, 0.15) is 27.0 Å². The monoisotopic (exact) mass is 430 g/mol. The number of allylic oxidation sites excluding steroid dienone is 1. The van der Waals surface area contributed by atoms with Gasteiger partial charge in [0.25, 0.3) is 0 Å². The van der Waals surface area contributed by atoms with Crippen molar-refractivity contribution in [1.29, 1.82) is 0 Å². The van der Waals surface area contributed by atoms with Crippen molar-refractivity contribution in [2.75, 3.05) is 13.9 Å². The molecule has 0 radical (unpaired) electrons. The maximum atomic E-state index is 13.6. The summed E-state index contributed by atoms with van der Waals surface area (Å²) < 4.78 is 16.0. The van der Waals surface area contributed by atoms with E-state index in [4.69, 9.17) is 14.2 Å². The summed E-state index contributed by atoms with van der Waals surface area (Å²) in [7, 11) is 1.56. The lowest BCUT2D eigenvalue weighted by molar-refractivity contribution is -0.130. The van der Waals surface area contributed by atoms with Crippen LogP contribution in [0.15, 0.2) is 72.3 Å². The van der Waals surface area contributed by atoms with Gasteiger partial charge in [0.1, 0.15) is 5.75 Å². The summed E-state index contributed by atoms with van der Waals surface area (Å²) in [5.74, 6) is 0.112. The fourth-order valence-electron chi connectivity index (χ4n) is 3.75. The number of hydrogen-bond acceptors (Lipinski definition) is 5. The number of aryl methyl sites for hydroxylation is 1. The number of rotatable bonds is 7. The molecular formula is C26H22O6. The Morgan fingerprint density at radius 2 is 1.66 bits per heavy atom. The van der Waals surface area contributed by atoms with Gasteiger partial charge in [0.15, 0.2) is 17.3 Å². The molecule has 0 aromatic heterocycles. The van der Waals surface area contributed by atoms with Gasteiger partial charge in [0.2, 0.25) is 6.79 Å². The van der Waals surface area contributed by atoms with Crippen LogP contribution in [0, 0.1) is 6.92 Å². The molecule has 32 heavy (non-hydrogen) atoms. The topological polar surface area (TPSA) is 82.1 Å². The molecular weight excluding hydrogens is 408 g/mol. The van der Waals surface area contributed by atoms with Gasteiger partial charge in [-0.2, -0.15) is 0 Å². The number of hydrogen-bond donors (Lipinski definition) is 1. The van der Waals surface area contributed by atoms with Crippen LogP contribution in [0.4, 0.5) is 0 Å². The summed E-state index contributed by atoms with van der Waals surface area (Å²) in [6.07, 6.45) is 0.167. The van der Waals surface area contributed by atoms with Gasteiger partial charge in [-0.1, -0.05) is 36.4 Å². The van der Waals surface area contributed by atoms with Crippen molar-refractivity contribution in [1.82, 2.24) is 0 Å². The van der Waals surface area contributed by atoms with Crippen LogP contribution in [-0.4, -0.2) is 30.8 Å². The Labute approximate surface area is 185 Å². The third-order valence-corrected chi connectivity index (χ3v) is 5.33. The third kappa shape index (κ3) is 4.21. The highest BCUT2D eigenvalue weighted by atomic mass is 16.7. The lowest BCUT2D eigenvalue weighted by Gasteiger charge is -2.14. The van der Waals surface area contributed by atoms with Crippen molar-refractivity contribution in [2.45, 2.75) is 13.3 Å². The number of ether oxygens (including phenoxy) is 3. The van der Waals surface area contributed by atoms with Crippen molar-refractivity contribution in [2.24, 2.45) is 0 Å². The Morgan fingerprint density at radius 3 is 2.34 bits per heavy atom. The second kappa shape index (κ2) is 8.98. The van der Waals surface area contributed by atoms with Gasteiger partial charge in [-0.3, -0.25) is 4.79 Å². The number of carboxylic acid groups (broad SMARTS) is 1. The molecule has 1 N–H and O–H groups in total. The number of carboxylic acids is 1. The molecule has 0 bridgehead atoms.